The maximum atomic E-state index is 6.67. The molecule has 2 aliphatic carbocycles. The van der Waals surface area contributed by atoms with E-state index in [-0.39, 0.29) is 0 Å². The number of hydrogen-bond acceptors (Lipinski definition) is 1. The highest BCUT2D eigenvalue weighted by molar-refractivity contribution is 5.34. The standard InChI is InChI=1S/C17H25N/c1-13-7-9-14(10-8-13)16(18)17(11-12-17)15-5-3-2-4-6-15/h2-6,13-14,16H,7-12,18H2,1H3. The highest BCUT2D eigenvalue weighted by Gasteiger charge is 2.51. The minimum absolute atomic E-state index is 0.326. The van der Waals surface area contributed by atoms with Crippen LogP contribution in [0.3, 0.4) is 0 Å². The van der Waals surface area contributed by atoms with E-state index in [0.29, 0.717) is 11.5 Å². The molecular weight excluding hydrogens is 218 g/mol. The molecule has 18 heavy (non-hydrogen) atoms. The van der Waals surface area contributed by atoms with Gasteiger partial charge in [0.15, 0.2) is 0 Å². The van der Waals surface area contributed by atoms with Gasteiger partial charge in [0.2, 0.25) is 0 Å². The van der Waals surface area contributed by atoms with Crippen molar-refractivity contribution in [3.05, 3.63) is 35.9 Å². The topological polar surface area (TPSA) is 26.0 Å². The van der Waals surface area contributed by atoms with Gasteiger partial charge in [-0.05, 0) is 43.1 Å². The summed E-state index contributed by atoms with van der Waals surface area (Å²) in [5.74, 6) is 1.67. The quantitative estimate of drug-likeness (QED) is 0.857. The lowest BCUT2D eigenvalue weighted by molar-refractivity contribution is 0.229. The molecule has 1 unspecified atom stereocenters. The number of benzene rings is 1. The Morgan fingerprint density at radius 2 is 1.67 bits per heavy atom. The molecule has 2 N–H and O–H groups in total. The van der Waals surface area contributed by atoms with Gasteiger partial charge in [-0.3, -0.25) is 0 Å². The summed E-state index contributed by atoms with van der Waals surface area (Å²) in [5.41, 5.74) is 8.47. The van der Waals surface area contributed by atoms with Crippen molar-refractivity contribution in [2.45, 2.75) is 56.9 Å². The molecule has 1 atom stereocenters. The van der Waals surface area contributed by atoms with Gasteiger partial charge >= 0.3 is 0 Å². The molecule has 2 aliphatic rings. The summed E-state index contributed by atoms with van der Waals surface area (Å²) < 4.78 is 0. The van der Waals surface area contributed by atoms with Gasteiger partial charge in [-0.15, -0.1) is 0 Å². The van der Waals surface area contributed by atoms with Crippen LogP contribution in [0.15, 0.2) is 30.3 Å². The molecular formula is C17H25N. The Morgan fingerprint density at radius 3 is 2.22 bits per heavy atom. The zero-order valence-electron chi connectivity index (χ0n) is 11.4. The highest BCUT2D eigenvalue weighted by atomic mass is 14.8. The van der Waals surface area contributed by atoms with E-state index >= 15 is 0 Å². The molecule has 0 aliphatic heterocycles. The first-order valence-corrected chi connectivity index (χ1v) is 7.53. The number of nitrogens with two attached hydrogens (primary N) is 1. The van der Waals surface area contributed by atoms with E-state index < -0.39 is 0 Å². The predicted octanol–water partition coefficient (Wildman–Crippen LogP) is 3.87. The maximum absolute atomic E-state index is 6.67. The first-order chi connectivity index (χ1) is 8.72. The molecule has 0 bridgehead atoms. The molecule has 3 rings (SSSR count). The second-order valence-corrected chi connectivity index (χ2v) is 6.57. The fraction of sp³-hybridized carbons (Fsp3) is 0.647. The highest BCUT2D eigenvalue weighted by Crippen LogP contribution is 2.53. The van der Waals surface area contributed by atoms with E-state index in [9.17, 15) is 0 Å². The van der Waals surface area contributed by atoms with Crippen molar-refractivity contribution >= 4 is 0 Å². The van der Waals surface area contributed by atoms with E-state index in [1.54, 1.807) is 0 Å². The van der Waals surface area contributed by atoms with Gasteiger partial charge in [-0.1, -0.05) is 50.1 Å². The third kappa shape index (κ3) is 2.09. The van der Waals surface area contributed by atoms with Crippen molar-refractivity contribution in [1.29, 1.82) is 0 Å². The number of rotatable bonds is 3. The van der Waals surface area contributed by atoms with E-state index in [4.69, 9.17) is 5.73 Å². The van der Waals surface area contributed by atoms with Crippen molar-refractivity contribution in [2.75, 3.05) is 0 Å². The fourth-order valence-electron chi connectivity index (χ4n) is 3.82. The Labute approximate surface area is 111 Å². The molecule has 0 amide bonds. The molecule has 0 radical (unpaired) electrons. The molecule has 0 spiro atoms. The summed E-state index contributed by atoms with van der Waals surface area (Å²) in [6, 6.07) is 11.4. The monoisotopic (exact) mass is 243 g/mol. The van der Waals surface area contributed by atoms with Crippen molar-refractivity contribution < 1.29 is 0 Å². The van der Waals surface area contributed by atoms with E-state index in [2.05, 4.69) is 37.3 Å². The van der Waals surface area contributed by atoms with Gasteiger partial charge in [0.05, 0.1) is 0 Å². The molecule has 2 fully saturated rings. The third-order valence-electron chi connectivity index (χ3n) is 5.34. The van der Waals surface area contributed by atoms with Crippen molar-refractivity contribution in [3.63, 3.8) is 0 Å². The smallest absolute Gasteiger partial charge is 0.0165 e. The first kappa shape index (κ1) is 12.2. The molecule has 1 heteroatoms. The van der Waals surface area contributed by atoms with Crippen LogP contribution in [0.2, 0.25) is 0 Å². The second kappa shape index (κ2) is 4.70. The zero-order valence-corrected chi connectivity index (χ0v) is 11.4. The average molecular weight is 243 g/mol. The van der Waals surface area contributed by atoms with Gasteiger partial charge in [-0.25, -0.2) is 0 Å². The van der Waals surface area contributed by atoms with E-state index in [0.717, 1.165) is 11.8 Å². The Bertz CT molecular complexity index is 385. The van der Waals surface area contributed by atoms with Crippen LogP contribution in [0.4, 0.5) is 0 Å². The molecule has 1 nitrogen and oxygen atoms in total. The fourth-order valence-corrected chi connectivity index (χ4v) is 3.82. The summed E-state index contributed by atoms with van der Waals surface area (Å²) >= 11 is 0. The summed E-state index contributed by atoms with van der Waals surface area (Å²) in [6.07, 6.45) is 8.04. The van der Waals surface area contributed by atoms with Crippen LogP contribution in [-0.2, 0) is 5.41 Å². The summed E-state index contributed by atoms with van der Waals surface area (Å²) in [5, 5.41) is 0. The van der Waals surface area contributed by atoms with E-state index in [1.165, 1.54) is 44.1 Å². The lowest BCUT2D eigenvalue weighted by Crippen LogP contribution is -2.42. The molecule has 1 aromatic carbocycles. The Kier molecular flexibility index (Phi) is 3.19. The minimum atomic E-state index is 0.326. The lowest BCUT2D eigenvalue weighted by Gasteiger charge is -2.35. The van der Waals surface area contributed by atoms with Crippen LogP contribution in [0, 0.1) is 11.8 Å². The Morgan fingerprint density at radius 1 is 1.06 bits per heavy atom. The molecule has 98 valence electrons. The molecule has 0 saturated heterocycles. The van der Waals surface area contributed by atoms with Crippen LogP contribution in [-0.4, -0.2) is 6.04 Å². The largest absolute Gasteiger partial charge is 0.327 e. The van der Waals surface area contributed by atoms with Crippen LogP contribution in [0.5, 0.6) is 0 Å². The van der Waals surface area contributed by atoms with Gasteiger partial charge in [-0.2, -0.15) is 0 Å². The normalized spacial score (nSPS) is 31.9. The number of hydrogen-bond donors (Lipinski definition) is 1. The lowest BCUT2D eigenvalue weighted by atomic mass is 9.73. The minimum Gasteiger partial charge on any atom is -0.327 e. The first-order valence-electron chi connectivity index (χ1n) is 7.53. The maximum Gasteiger partial charge on any atom is 0.0165 e. The molecule has 0 aromatic heterocycles. The van der Waals surface area contributed by atoms with Gasteiger partial charge in [0.1, 0.15) is 0 Å². The zero-order chi connectivity index (χ0) is 12.6. The summed E-state index contributed by atoms with van der Waals surface area (Å²) in [6.45, 7) is 2.38. The van der Waals surface area contributed by atoms with Crippen molar-refractivity contribution in [3.8, 4) is 0 Å². The average Bonchev–Trinajstić information content (AvgIpc) is 3.21. The second-order valence-electron chi connectivity index (χ2n) is 6.57. The predicted molar refractivity (Wildman–Crippen MR) is 76.5 cm³/mol. The van der Waals surface area contributed by atoms with Crippen molar-refractivity contribution in [2.24, 2.45) is 17.6 Å². The van der Waals surface area contributed by atoms with Crippen LogP contribution >= 0.6 is 0 Å². The SMILES string of the molecule is CC1CCC(C(N)C2(c3ccccc3)CC2)CC1. The van der Waals surface area contributed by atoms with Gasteiger partial charge in [0, 0.05) is 11.5 Å². The van der Waals surface area contributed by atoms with Gasteiger partial charge in [0.25, 0.3) is 0 Å². The van der Waals surface area contributed by atoms with E-state index in [1.807, 2.05) is 0 Å². The Hall–Kier alpha value is -0.820. The third-order valence-corrected chi connectivity index (χ3v) is 5.34. The van der Waals surface area contributed by atoms with Crippen LogP contribution < -0.4 is 5.73 Å². The van der Waals surface area contributed by atoms with Gasteiger partial charge < -0.3 is 5.73 Å². The molecule has 2 saturated carbocycles. The summed E-state index contributed by atoms with van der Waals surface area (Å²) in [4.78, 5) is 0. The molecule has 1 aromatic rings. The Balaban J connectivity index is 1.74. The van der Waals surface area contributed by atoms with Crippen LogP contribution in [0.25, 0.3) is 0 Å². The summed E-state index contributed by atoms with van der Waals surface area (Å²) in [7, 11) is 0. The van der Waals surface area contributed by atoms with Crippen LogP contribution in [0.1, 0.15) is 51.0 Å². The molecule has 0 heterocycles. The van der Waals surface area contributed by atoms with Crippen molar-refractivity contribution in [1.82, 2.24) is 0 Å².